The number of rotatable bonds is 25. The van der Waals surface area contributed by atoms with Crippen LogP contribution in [0.2, 0.25) is 0 Å². The number of ketones is 1. The van der Waals surface area contributed by atoms with Crippen LogP contribution < -0.4 is 49.5 Å². The summed E-state index contributed by atoms with van der Waals surface area (Å²) < 4.78 is 0. The predicted octanol–water partition coefficient (Wildman–Crippen LogP) is -2.89. The lowest BCUT2D eigenvalue weighted by Gasteiger charge is -2.41. The molecule has 8 amide bonds. The number of nitrogens with two attached hydrogens (primary N) is 4. The third-order valence-electron chi connectivity index (χ3n) is 10.4. The number of amides is 8. The standard InChI is InChI=1S/C40H64N10O10/c1-6-11-31(54)45-27(21-51)36(57)46-25(15-16-29(42)52)35(56)47-26(20-30(43)53)34(55)40(28(41)17-19-50(40)18-10-14-24-12-8-7-9-13-24)39(60)48-33(23(4)5)38(59)49-37(58)32(44)22(2)3/h7-9,12-13,22-23,25-28,32-33,51H,6,10-11,14-21,41,44H2,1-5H3,(H2,42,52)(H2,43,53)(H,45,54)(H,46,57)(H,47,56)(H,48,60)(H,49,58,59)/t25-,26-,27-,28?,32-,33-,40+/m0/s1. The number of primary amides is 2. The van der Waals surface area contributed by atoms with Gasteiger partial charge in [0.25, 0.3) is 5.91 Å². The number of Topliss-reactive ketones (excluding diaryl/α,β-unsaturated/α-hetero) is 1. The maximum Gasteiger partial charge on any atom is 0.250 e. The molecule has 1 aliphatic rings. The van der Waals surface area contributed by atoms with Gasteiger partial charge in [0.2, 0.25) is 41.4 Å². The van der Waals surface area contributed by atoms with Crippen LogP contribution in [0.25, 0.3) is 0 Å². The number of aliphatic hydroxyl groups is 1. The lowest BCUT2D eigenvalue weighted by molar-refractivity contribution is -0.149. The minimum atomic E-state index is -2.33. The first-order valence-electron chi connectivity index (χ1n) is 20.3. The van der Waals surface area contributed by atoms with Crippen LogP contribution in [-0.2, 0) is 49.6 Å². The molecular weight excluding hydrogens is 780 g/mol. The summed E-state index contributed by atoms with van der Waals surface area (Å²) in [5.74, 6) is -9.31. The molecule has 1 saturated heterocycles. The van der Waals surface area contributed by atoms with E-state index in [9.17, 15) is 43.5 Å². The van der Waals surface area contributed by atoms with Crippen molar-refractivity contribution in [3.8, 4) is 0 Å². The van der Waals surface area contributed by atoms with Gasteiger partial charge in [0.1, 0.15) is 18.1 Å². The molecule has 1 unspecified atom stereocenters. The van der Waals surface area contributed by atoms with Crippen molar-refractivity contribution in [2.45, 2.75) is 128 Å². The molecule has 20 nitrogen and oxygen atoms in total. The Morgan fingerprint density at radius 3 is 1.97 bits per heavy atom. The highest BCUT2D eigenvalue weighted by molar-refractivity contribution is 6.16. The summed E-state index contributed by atoms with van der Waals surface area (Å²) in [5, 5.41) is 21.8. The first-order chi connectivity index (χ1) is 28.2. The monoisotopic (exact) mass is 844 g/mol. The summed E-state index contributed by atoms with van der Waals surface area (Å²) in [6.45, 7) is 7.68. The molecule has 60 heavy (non-hydrogen) atoms. The maximum atomic E-state index is 15.1. The maximum absolute atomic E-state index is 15.1. The molecule has 0 spiro atoms. The average molecular weight is 845 g/mol. The van der Waals surface area contributed by atoms with Crippen molar-refractivity contribution in [2.24, 2.45) is 34.8 Å². The second-order valence-corrected chi connectivity index (χ2v) is 15.8. The molecule has 1 fully saturated rings. The molecule has 14 N–H and O–H groups in total. The van der Waals surface area contributed by atoms with Gasteiger partial charge in [-0.05, 0) is 56.0 Å². The van der Waals surface area contributed by atoms with E-state index >= 15 is 4.79 Å². The highest BCUT2D eigenvalue weighted by atomic mass is 16.3. The van der Waals surface area contributed by atoms with Crippen LogP contribution in [0.4, 0.5) is 0 Å². The van der Waals surface area contributed by atoms with E-state index in [2.05, 4.69) is 26.6 Å². The molecule has 2 rings (SSSR count). The number of nitrogens with one attached hydrogen (secondary N) is 5. The fourth-order valence-corrected chi connectivity index (χ4v) is 6.92. The number of carbonyl (C=O) groups excluding carboxylic acids is 9. The van der Waals surface area contributed by atoms with Gasteiger partial charge in [-0.15, -0.1) is 0 Å². The minimum Gasteiger partial charge on any atom is -0.394 e. The van der Waals surface area contributed by atoms with Crippen molar-refractivity contribution in [1.82, 2.24) is 31.5 Å². The zero-order chi connectivity index (χ0) is 45.3. The summed E-state index contributed by atoms with van der Waals surface area (Å²) in [4.78, 5) is 122. The van der Waals surface area contributed by atoms with E-state index in [4.69, 9.17) is 22.9 Å². The number of hydrogen-bond acceptors (Lipinski definition) is 13. The molecule has 1 aromatic carbocycles. The average Bonchev–Trinajstić information content (AvgIpc) is 3.52. The number of hydrogen-bond donors (Lipinski definition) is 10. The number of imide groups is 1. The normalized spacial score (nSPS) is 19.0. The van der Waals surface area contributed by atoms with Gasteiger partial charge in [-0.1, -0.05) is 65.0 Å². The Kier molecular flexibility index (Phi) is 20.4. The van der Waals surface area contributed by atoms with Crippen LogP contribution in [0.15, 0.2) is 30.3 Å². The Morgan fingerprint density at radius 1 is 0.800 bits per heavy atom. The Bertz CT molecular complexity index is 1690. The van der Waals surface area contributed by atoms with Crippen LogP contribution in [0.5, 0.6) is 0 Å². The molecule has 0 radical (unpaired) electrons. The molecule has 0 aromatic heterocycles. The molecule has 1 aliphatic heterocycles. The lowest BCUT2D eigenvalue weighted by Crippen LogP contribution is -2.73. The van der Waals surface area contributed by atoms with E-state index in [0.29, 0.717) is 19.3 Å². The van der Waals surface area contributed by atoms with E-state index in [1.54, 1.807) is 34.6 Å². The van der Waals surface area contributed by atoms with Crippen LogP contribution >= 0.6 is 0 Å². The van der Waals surface area contributed by atoms with Crippen molar-refractivity contribution in [2.75, 3.05) is 19.7 Å². The third kappa shape index (κ3) is 14.2. The van der Waals surface area contributed by atoms with Crippen molar-refractivity contribution in [3.63, 3.8) is 0 Å². The van der Waals surface area contributed by atoms with Gasteiger partial charge in [-0.25, -0.2) is 0 Å². The molecule has 0 aliphatic carbocycles. The van der Waals surface area contributed by atoms with Gasteiger partial charge >= 0.3 is 0 Å². The fourth-order valence-electron chi connectivity index (χ4n) is 6.92. The second kappa shape index (κ2) is 24.1. The van der Waals surface area contributed by atoms with E-state index in [1.807, 2.05) is 30.3 Å². The molecule has 334 valence electrons. The Morgan fingerprint density at radius 2 is 1.42 bits per heavy atom. The number of nitrogens with zero attached hydrogens (tertiary/aromatic N) is 1. The largest absolute Gasteiger partial charge is 0.394 e. The first kappa shape index (κ1) is 50.8. The van der Waals surface area contributed by atoms with Gasteiger partial charge in [0, 0.05) is 25.4 Å². The smallest absolute Gasteiger partial charge is 0.250 e. The molecule has 1 heterocycles. The minimum absolute atomic E-state index is 0.0417. The number of aliphatic hydroxyl groups excluding tert-OH is 1. The van der Waals surface area contributed by atoms with Crippen LogP contribution in [0.3, 0.4) is 0 Å². The first-order valence-corrected chi connectivity index (χ1v) is 20.3. The van der Waals surface area contributed by atoms with E-state index < -0.39 is 127 Å². The summed E-state index contributed by atoms with van der Waals surface area (Å²) in [5.41, 5.74) is 22.2. The molecule has 0 bridgehead atoms. The van der Waals surface area contributed by atoms with Crippen LogP contribution in [-0.4, -0.2) is 125 Å². The SMILES string of the molecule is CCCC(=O)N[C@@H](CO)C(=O)N[C@@H](CCC(N)=O)C(=O)N[C@@H](CC(N)=O)C(=O)[C@@]1(C(=O)N[C@H](C(=O)NC(=O)[C@@H](N)C(C)C)C(C)C)C(N)CCN1CCCc1ccccc1. The molecule has 7 atom stereocenters. The highest BCUT2D eigenvalue weighted by Gasteiger charge is 2.60. The number of likely N-dealkylation sites (tertiary alicyclic amines) is 1. The highest BCUT2D eigenvalue weighted by Crippen LogP contribution is 2.33. The Labute approximate surface area is 350 Å². The van der Waals surface area contributed by atoms with Crippen molar-refractivity contribution in [1.29, 1.82) is 0 Å². The van der Waals surface area contributed by atoms with Gasteiger partial charge in [-0.2, -0.15) is 0 Å². The topological polar surface area (TPSA) is 341 Å². The van der Waals surface area contributed by atoms with Gasteiger partial charge < -0.3 is 49.3 Å². The third-order valence-corrected chi connectivity index (χ3v) is 10.4. The van der Waals surface area contributed by atoms with Gasteiger partial charge in [0.15, 0.2) is 11.3 Å². The van der Waals surface area contributed by atoms with E-state index in [-0.39, 0.29) is 31.8 Å². The fraction of sp³-hybridized carbons (Fsp3) is 0.625. The summed E-state index contributed by atoms with van der Waals surface area (Å²) >= 11 is 0. The van der Waals surface area contributed by atoms with Gasteiger partial charge in [-0.3, -0.25) is 53.4 Å². The summed E-state index contributed by atoms with van der Waals surface area (Å²) in [6.07, 6.45) is -0.167. The Hall–Kier alpha value is -5.31. The lowest BCUT2D eigenvalue weighted by atomic mass is 9.80. The van der Waals surface area contributed by atoms with Crippen molar-refractivity contribution in [3.05, 3.63) is 35.9 Å². The van der Waals surface area contributed by atoms with Crippen molar-refractivity contribution < 1.29 is 48.3 Å². The van der Waals surface area contributed by atoms with Crippen molar-refractivity contribution >= 4 is 53.0 Å². The molecular formula is C40H64N10O10. The van der Waals surface area contributed by atoms with Crippen LogP contribution in [0, 0.1) is 11.8 Å². The molecule has 0 saturated carbocycles. The number of aryl methyl sites for hydroxylation is 1. The molecule has 20 heteroatoms. The van der Waals surface area contributed by atoms with E-state index in [0.717, 1.165) is 5.56 Å². The second-order valence-electron chi connectivity index (χ2n) is 15.8. The Balaban J connectivity index is 2.63. The predicted molar refractivity (Wildman–Crippen MR) is 219 cm³/mol. The zero-order valence-electron chi connectivity index (χ0n) is 35.2. The molecule has 1 aromatic rings. The number of carbonyl (C=O) groups is 9. The summed E-state index contributed by atoms with van der Waals surface area (Å²) in [7, 11) is 0. The van der Waals surface area contributed by atoms with E-state index in [1.165, 1.54) is 4.90 Å². The summed E-state index contributed by atoms with van der Waals surface area (Å²) in [6, 6.07) is 0.742. The quantitative estimate of drug-likeness (QED) is 0.0443. The van der Waals surface area contributed by atoms with Gasteiger partial charge in [0.05, 0.1) is 25.1 Å². The zero-order valence-corrected chi connectivity index (χ0v) is 35.2. The van der Waals surface area contributed by atoms with Crippen LogP contribution in [0.1, 0.15) is 85.1 Å². The number of benzene rings is 1.